The van der Waals surface area contributed by atoms with Gasteiger partial charge in [0.25, 0.3) is 11.8 Å². The summed E-state index contributed by atoms with van der Waals surface area (Å²) in [6.07, 6.45) is -4.07. The van der Waals surface area contributed by atoms with E-state index in [2.05, 4.69) is 32.6 Å². The van der Waals surface area contributed by atoms with Crippen molar-refractivity contribution in [3.63, 3.8) is 0 Å². The van der Waals surface area contributed by atoms with E-state index < -0.39 is 64.6 Å². The van der Waals surface area contributed by atoms with Crippen LogP contribution in [0.2, 0.25) is 0 Å². The molecule has 24 heteroatoms. The fourth-order valence-corrected chi connectivity index (χ4v) is 14.8. The summed E-state index contributed by atoms with van der Waals surface area (Å²) in [5, 5.41) is 7.29. The molecule has 1 aromatic heterocycles. The first-order valence-corrected chi connectivity index (χ1v) is 34.0. The first-order chi connectivity index (χ1) is 46.4. The van der Waals surface area contributed by atoms with Crippen molar-refractivity contribution < 1.29 is 68.9 Å². The minimum Gasteiger partial charge on any atom is -0.446 e. The molecule has 6 aromatic rings. The maximum Gasteiger partial charge on any atom is 0.416 e. The SMILES string of the molecule is Cc1cc(NCCCCCC(=O)N(C)CCN2CCC(OC(=O)Nc3ccccc3-c3ccccc3)CC2)sc1C(=O)N(C)CCCN(C)C(=O)CO[C@H]1Cc2ccccc2C12CCN(CC[C@@]1(c3ccc(F)cc3)CN(C(=O)c3cc(C(F)(F)F)cc(C(F)(F)F)c3)CO1)CC2. The Morgan fingerprint density at radius 3 is 2.06 bits per heavy atom. The van der Waals surface area contributed by atoms with Gasteiger partial charge in [0.15, 0.2) is 0 Å². The number of likely N-dealkylation sites (N-methyl/N-ethyl adjacent to an activating group) is 2. The number of hydrogen-bond acceptors (Lipinski definition) is 12. The van der Waals surface area contributed by atoms with E-state index in [4.69, 9.17) is 14.2 Å². The number of nitrogens with zero attached hydrogens (tertiary/aromatic N) is 6. The average Bonchev–Trinajstić information content (AvgIpc) is 1.61. The van der Waals surface area contributed by atoms with Gasteiger partial charge in [0.1, 0.15) is 30.9 Å². The van der Waals surface area contributed by atoms with Crippen LogP contribution in [0, 0.1) is 12.7 Å². The topological polar surface area (TPSA) is 157 Å². The first-order valence-electron chi connectivity index (χ1n) is 33.2. The van der Waals surface area contributed by atoms with Gasteiger partial charge < -0.3 is 48.9 Å². The maximum absolute atomic E-state index is 14.3. The minimum absolute atomic E-state index is 0.0279. The van der Waals surface area contributed by atoms with Gasteiger partial charge in [0.05, 0.1) is 39.3 Å². The maximum atomic E-state index is 14.3. The van der Waals surface area contributed by atoms with E-state index in [1.54, 1.807) is 28.8 Å². The highest BCUT2D eigenvalue weighted by Crippen LogP contribution is 2.49. The number of alkyl halides is 6. The second kappa shape index (κ2) is 31.7. The van der Waals surface area contributed by atoms with Crippen molar-refractivity contribution in [2.24, 2.45) is 0 Å². The van der Waals surface area contributed by atoms with Gasteiger partial charge in [-0.1, -0.05) is 91.3 Å². The fraction of sp³-hybridized carbons (Fsp3) is 0.466. The molecular formula is C73H85F7N8O8S. The van der Waals surface area contributed by atoms with Crippen LogP contribution >= 0.6 is 11.3 Å². The van der Waals surface area contributed by atoms with Gasteiger partial charge in [-0.15, -0.1) is 11.3 Å². The Morgan fingerprint density at radius 2 is 1.35 bits per heavy atom. The Balaban J connectivity index is 0.613. The number of ether oxygens (including phenoxy) is 3. The highest BCUT2D eigenvalue weighted by molar-refractivity contribution is 7.18. The van der Waals surface area contributed by atoms with Gasteiger partial charge in [0, 0.05) is 96.5 Å². The molecule has 3 aliphatic heterocycles. The Morgan fingerprint density at radius 1 is 0.701 bits per heavy atom. The molecule has 10 rings (SSSR count). The van der Waals surface area contributed by atoms with Crippen LogP contribution in [0.5, 0.6) is 0 Å². The lowest BCUT2D eigenvalue weighted by Crippen LogP contribution is -2.50. The number of hydrogen-bond donors (Lipinski definition) is 2. The van der Waals surface area contributed by atoms with Crippen LogP contribution in [0.4, 0.5) is 46.2 Å². The standard InChI is InChI=1S/C73H85F7N8O8S/c1-50-42-63(81-32-14-6-9-22-64(89)84(3)40-41-86-35-27-58(28-36-86)96-69(93)82-61-21-13-11-19-59(61)51-16-7-5-8-17-51)97-66(50)68(92)85(4)34-15-33-83(2)65(90)47-94-62-45-52-18-10-12-20-60(52)70(62)29-37-87(38-30-70)39-31-71(54-23-25-57(74)26-24-54)48-88(49-95-71)67(91)53-43-55(72(75,76)77)46-56(44-53)73(78,79)80/h5,7-8,10-13,16-21,23-26,42-44,46,58,62,81H,6,9,14-15,22,27-41,45,47-49H2,1-4H3,(H,82,93)/t62-,71-/m0/s1. The van der Waals surface area contributed by atoms with E-state index in [9.17, 15) is 54.7 Å². The third-order valence-corrected chi connectivity index (χ3v) is 20.7. The molecular weight excluding hydrogens is 1280 g/mol. The number of rotatable bonds is 26. The molecule has 97 heavy (non-hydrogen) atoms. The second-order valence-corrected chi connectivity index (χ2v) is 27.1. The zero-order valence-electron chi connectivity index (χ0n) is 55.3. The fourth-order valence-electron chi connectivity index (χ4n) is 13.7. The molecule has 2 atom stereocenters. The van der Waals surface area contributed by atoms with Gasteiger partial charge in [0.2, 0.25) is 11.8 Å². The van der Waals surface area contributed by atoms with Crippen LogP contribution in [0.1, 0.15) is 118 Å². The minimum atomic E-state index is -5.15. The van der Waals surface area contributed by atoms with E-state index in [-0.39, 0.29) is 55.6 Å². The molecule has 1 aliphatic carbocycles. The Kier molecular flexibility index (Phi) is 23.5. The molecule has 1 spiro atoms. The summed E-state index contributed by atoms with van der Waals surface area (Å²) in [7, 11) is 5.33. The third-order valence-electron chi connectivity index (χ3n) is 19.5. The van der Waals surface area contributed by atoms with E-state index >= 15 is 0 Å². The lowest BCUT2D eigenvalue weighted by molar-refractivity contribution is -0.143. The molecule has 0 radical (unpaired) electrons. The number of aryl methyl sites for hydroxylation is 1. The Bertz CT molecular complexity index is 3660. The van der Waals surface area contributed by atoms with Crippen LogP contribution in [-0.2, 0) is 53.6 Å². The van der Waals surface area contributed by atoms with Crippen molar-refractivity contribution in [3.8, 4) is 11.1 Å². The van der Waals surface area contributed by atoms with Crippen molar-refractivity contribution in [2.75, 3.05) is 117 Å². The summed E-state index contributed by atoms with van der Waals surface area (Å²) in [5.74, 6) is -1.78. The number of likely N-dealkylation sites (tertiary alicyclic amines) is 2. The van der Waals surface area contributed by atoms with E-state index in [0.717, 1.165) is 89.5 Å². The normalized spacial score (nSPS) is 18.2. The van der Waals surface area contributed by atoms with Crippen LogP contribution in [0.25, 0.3) is 11.1 Å². The summed E-state index contributed by atoms with van der Waals surface area (Å²) < 4.78 is 116. The van der Waals surface area contributed by atoms with E-state index in [1.165, 1.54) is 35.6 Å². The number of halogens is 7. The molecule has 520 valence electrons. The summed E-state index contributed by atoms with van der Waals surface area (Å²) in [6, 6.07) is 33.9. The number of anilines is 2. The highest BCUT2D eigenvalue weighted by Gasteiger charge is 2.50. The molecule has 0 bridgehead atoms. The second-order valence-electron chi connectivity index (χ2n) is 26.0. The van der Waals surface area contributed by atoms with Crippen molar-refractivity contribution in [2.45, 2.75) is 113 Å². The molecule has 2 N–H and O–H groups in total. The molecule has 3 fully saturated rings. The number of para-hydroxylation sites is 1. The van der Waals surface area contributed by atoms with Crippen LogP contribution in [-0.4, -0.2) is 178 Å². The Labute approximate surface area is 566 Å². The molecule has 5 amide bonds. The predicted molar refractivity (Wildman–Crippen MR) is 358 cm³/mol. The van der Waals surface area contributed by atoms with Crippen LogP contribution in [0.15, 0.2) is 127 Å². The number of piperidine rings is 2. The van der Waals surface area contributed by atoms with Crippen molar-refractivity contribution in [1.82, 2.24) is 29.4 Å². The van der Waals surface area contributed by atoms with Gasteiger partial charge in [-0.2, -0.15) is 26.3 Å². The smallest absolute Gasteiger partial charge is 0.416 e. The van der Waals surface area contributed by atoms with Gasteiger partial charge in [-0.3, -0.25) is 24.5 Å². The lowest BCUT2D eigenvalue weighted by atomic mass is 9.72. The molecule has 5 aromatic carbocycles. The number of carbonyl (C=O) groups is 5. The monoisotopic (exact) mass is 1370 g/mol. The lowest BCUT2D eigenvalue weighted by Gasteiger charge is -2.44. The molecule has 16 nitrogen and oxygen atoms in total. The zero-order chi connectivity index (χ0) is 69.1. The number of fused-ring (bicyclic) bond motifs is 2. The van der Waals surface area contributed by atoms with Crippen LogP contribution in [0.3, 0.4) is 0 Å². The average molecular weight is 1370 g/mol. The number of unbranched alkanes of at least 4 members (excludes halogenated alkanes) is 2. The van der Waals surface area contributed by atoms with Crippen molar-refractivity contribution in [3.05, 3.63) is 177 Å². The number of carbonyl (C=O) groups excluding carboxylic acids is 5. The summed E-state index contributed by atoms with van der Waals surface area (Å²) >= 11 is 1.41. The van der Waals surface area contributed by atoms with Gasteiger partial charge in [-0.25, -0.2) is 9.18 Å². The first kappa shape index (κ1) is 71.9. The van der Waals surface area contributed by atoms with Gasteiger partial charge in [-0.05, 0) is 148 Å². The highest BCUT2D eigenvalue weighted by atomic mass is 32.1. The predicted octanol–water partition coefficient (Wildman–Crippen LogP) is 13.4. The largest absolute Gasteiger partial charge is 0.446 e. The summed E-state index contributed by atoms with van der Waals surface area (Å²) in [5.41, 5.74) is 0.627. The van der Waals surface area contributed by atoms with E-state index in [0.29, 0.717) is 106 Å². The quantitative estimate of drug-likeness (QED) is 0.0394. The number of amides is 5. The zero-order valence-corrected chi connectivity index (χ0v) is 56.1. The molecule has 3 saturated heterocycles. The summed E-state index contributed by atoms with van der Waals surface area (Å²) in [4.78, 5) is 78.4. The third kappa shape index (κ3) is 18.1. The number of thiophene rings is 1. The van der Waals surface area contributed by atoms with Crippen LogP contribution < -0.4 is 10.6 Å². The molecule has 0 unspecified atom stereocenters. The molecule has 4 heterocycles. The van der Waals surface area contributed by atoms with Gasteiger partial charge >= 0.3 is 18.4 Å². The summed E-state index contributed by atoms with van der Waals surface area (Å²) in [6.45, 7) is 7.22. The molecule has 4 aliphatic rings. The van der Waals surface area contributed by atoms with Crippen molar-refractivity contribution >= 4 is 51.7 Å². The Hall–Kier alpha value is -7.90. The number of benzene rings is 5. The number of nitrogens with one attached hydrogen (secondary N) is 2. The van der Waals surface area contributed by atoms with E-state index in [1.807, 2.05) is 86.8 Å². The van der Waals surface area contributed by atoms with Crippen molar-refractivity contribution in [1.29, 1.82) is 0 Å². The molecule has 0 saturated carbocycles.